The van der Waals surface area contributed by atoms with E-state index >= 15 is 0 Å². The summed E-state index contributed by atoms with van der Waals surface area (Å²) in [5.74, 6) is -1.21. The predicted molar refractivity (Wildman–Crippen MR) is 63.1 cm³/mol. The lowest BCUT2D eigenvalue weighted by Gasteiger charge is -2.20. The first kappa shape index (κ1) is 13.4. The summed E-state index contributed by atoms with van der Waals surface area (Å²) in [6, 6.07) is 1.52. The van der Waals surface area contributed by atoms with E-state index in [4.69, 9.17) is 16.7 Å². The van der Waals surface area contributed by atoms with E-state index in [-0.39, 0.29) is 23.9 Å². The van der Waals surface area contributed by atoms with E-state index in [0.29, 0.717) is 12.1 Å². The Hall–Kier alpha value is -1.62. The molecule has 0 atom stereocenters. The molecule has 1 aromatic heterocycles. The SMILES string of the molecule is CCN(CCC(=O)O)C(=O)c1ccncc1Cl. The largest absolute Gasteiger partial charge is 0.481 e. The van der Waals surface area contributed by atoms with Gasteiger partial charge >= 0.3 is 5.97 Å². The van der Waals surface area contributed by atoms with Gasteiger partial charge in [0.05, 0.1) is 17.0 Å². The van der Waals surface area contributed by atoms with Crippen LogP contribution in [-0.2, 0) is 4.79 Å². The number of halogens is 1. The average molecular weight is 257 g/mol. The van der Waals surface area contributed by atoms with Gasteiger partial charge < -0.3 is 10.0 Å². The first-order valence-corrected chi connectivity index (χ1v) is 5.54. The fourth-order valence-electron chi connectivity index (χ4n) is 1.35. The Morgan fingerprint density at radius 1 is 1.53 bits per heavy atom. The van der Waals surface area contributed by atoms with Crippen molar-refractivity contribution in [2.75, 3.05) is 13.1 Å². The topological polar surface area (TPSA) is 70.5 Å². The molecule has 1 aromatic rings. The van der Waals surface area contributed by atoms with Crippen molar-refractivity contribution in [2.24, 2.45) is 0 Å². The number of pyridine rings is 1. The van der Waals surface area contributed by atoms with Crippen LogP contribution in [0.25, 0.3) is 0 Å². The molecule has 0 aliphatic carbocycles. The molecule has 0 aliphatic heterocycles. The van der Waals surface area contributed by atoms with Crippen LogP contribution in [0.15, 0.2) is 18.5 Å². The molecule has 0 spiro atoms. The quantitative estimate of drug-likeness (QED) is 0.870. The maximum atomic E-state index is 12.0. The van der Waals surface area contributed by atoms with Crippen molar-refractivity contribution in [1.29, 1.82) is 0 Å². The fraction of sp³-hybridized carbons (Fsp3) is 0.364. The van der Waals surface area contributed by atoms with Crippen molar-refractivity contribution in [2.45, 2.75) is 13.3 Å². The summed E-state index contributed by atoms with van der Waals surface area (Å²) in [5, 5.41) is 8.86. The minimum Gasteiger partial charge on any atom is -0.481 e. The van der Waals surface area contributed by atoms with Gasteiger partial charge in [-0.05, 0) is 13.0 Å². The Morgan fingerprint density at radius 3 is 2.76 bits per heavy atom. The molecule has 0 radical (unpaired) electrons. The molecule has 0 unspecified atom stereocenters. The number of carbonyl (C=O) groups is 2. The van der Waals surface area contributed by atoms with Gasteiger partial charge in [-0.3, -0.25) is 14.6 Å². The standard InChI is InChI=1S/C11H13ClN2O3/c1-2-14(6-4-10(15)16)11(17)8-3-5-13-7-9(8)12/h3,5,7H,2,4,6H2,1H3,(H,15,16). The summed E-state index contributed by atoms with van der Waals surface area (Å²) >= 11 is 5.86. The molecular weight excluding hydrogens is 244 g/mol. The third kappa shape index (κ3) is 3.71. The van der Waals surface area contributed by atoms with Gasteiger partial charge in [0, 0.05) is 25.5 Å². The summed E-state index contributed by atoms with van der Waals surface area (Å²) in [6.07, 6.45) is 2.78. The minimum atomic E-state index is -0.933. The molecule has 0 saturated heterocycles. The second-order valence-electron chi connectivity index (χ2n) is 3.38. The zero-order valence-corrected chi connectivity index (χ0v) is 10.1. The summed E-state index contributed by atoms with van der Waals surface area (Å²) in [7, 11) is 0. The molecule has 0 saturated carbocycles. The number of hydrogen-bond acceptors (Lipinski definition) is 3. The van der Waals surface area contributed by atoms with Crippen LogP contribution < -0.4 is 0 Å². The molecule has 6 heteroatoms. The maximum Gasteiger partial charge on any atom is 0.305 e. The van der Waals surface area contributed by atoms with Crippen LogP contribution in [0.2, 0.25) is 5.02 Å². The Kier molecular flexibility index (Phi) is 4.90. The highest BCUT2D eigenvalue weighted by atomic mass is 35.5. The fourth-order valence-corrected chi connectivity index (χ4v) is 1.55. The lowest BCUT2D eigenvalue weighted by molar-refractivity contribution is -0.137. The van der Waals surface area contributed by atoms with Gasteiger partial charge in [0.2, 0.25) is 0 Å². The first-order valence-electron chi connectivity index (χ1n) is 5.16. The van der Waals surface area contributed by atoms with Crippen molar-refractivity contribution in [3.8, 4) is 0 Å². The number of amides is 1. The second kappa shape index (κ2) is 6.20. The van der Waals surface area contributed by atoms with Crippen molar-refractivity contribution in [3.05, 3.63) is 29.0 Å². The van der Waals surface area contributed by atoms with Crippen LogP contribution in [0.5, 0.6) is 0 Å². The first-order chi connectivity index (χ1) is 8.06. The summed E-state index contributed by atoms with van der Waals surface area (Å²) < 4.78 is 0. The number of nitrogens with zero attached hydrogens (tertiary/aromatic N) is 2. The monoisotopic (exact) mass is 256 g/mol. The lowest BCUT2D eigenvalue weighted by Crippen LogP contribution is -2.33. The van der Waals surface area contributed by atoms with E-state index in [2.05, 4.69) is 4.98 Å². The van der Waals surface area contributed by atoms with Gasteiger partial charge in [0.15, 0.2) is 0 Å². The van der Waals surface area contributed by atoms with Gasteiger partial charge in [-0.2, -0.15) is 0 Å². The lowest BCUT2D eigenvalue weighted by atomic mass is 10.2. The van der Waals surface area contributed by atoms with Gasteiger partial charge in [0.1, 0.15) is 0 Å². The van der Waals surface area contributed by atoms with Gasteiger partial charge in [0.25, 0.3) is 5.91 Å². The normalized spacial score (nSPS) is 10.0. The van der Waals surface area contributed by atoms with Gasteiger partial charge in [-0.15, -0.1) is 0 Å². The van der Waals surface area contributed by atoms with E-state index in [0.717, 1.165) is 0 Å². The van der Waals surface area contributed by atoms with E-state index in [9.17, 15) is 9.59 Å². The van der Waals surface area contributed by atoms with Gasteiger partial charge in [-0.25, -0.2) is 0 Å². The van der Waals surface area contributed by atoms with Crippen LogP contribution in [0.4, 0.5) is 0 Å². The highest BCUT2D eigenvalue weighted by molar-refractivity contribution is 6.33. The van der Waals surface area contributed by atoms with Crippen molar-refractivity contribution in [1.82, 2.24) is 9.88 Å². The molecule has 0 aromatic carbocycles. The van der Waals surface area contributed by atoms with Crippen LogP contribution in [0.1, 0.15) is 23.7 Å². The average Bonchev–Trinajstić information content (AvgIpc) is 2.29. The number of carboxylic acids is 1. The maximum absolute atomic E-state index is 12.0. The molecule has 1 N–H and O–H groups in total. The summed E-state index contributed by atoms with van der Waals surface area (Å²) in [5.41, 5.74) is 0.342. The number of rotatable bonds is 5. The van der Waals surface area contributed by atoms with Crippen molar-refractivity contribution < 1.29 is 14.7 Å². The molecule has 1 heterocycles. The van der Waals surface area contributed by atoms with Gasteiger partial charge in [-0.1, -0.05) is 11.6 Å². The number of carbonyl (C=O) groups excluding carboxylic acids is 1. The number of aromatic nitrogens is 1. The van der Waals surface area contributed by atoms with Crippen molar-refractivity contribution in [3.63, 3.8) is 0 Å². The Bertz CT molecular complexity index is 423. The number of aliphatic carboxylic acids is 1. The van der Waals surface area contributed by atoms with Crippen LogP contribution in [0, 0.1) is 0 Å². The highest BCUT2D eigenvalue weighted by Crippen LogP contribution is 2.15. The predicted octanol–water partition coefficient (Wildman–Crippen LogP) is 1.67. The van der Waals surface area contributed by atoms with Crippen molar-refractivity contribution >= 4 is 23.5 Å². The molecule has 0 bridgehead atoms. The molecule has 0 aliphatic rings. The number of hydrogen-bond donors (Lipinski definition) is 1. The summed E-state index contributed by atoms with van der Waals surface area (Å²) in [6.45, 7) is 2.39. The second-order valence-corrected chi connectivity index (χ2v) is 3.79. The minimum absolute atomic E-state index is 0.0811. The zero-order chi connectivity index (χ0) is 12.8. The van der Waals surface area contributed by atoms with E-state index < -0.39 is 5.97 Å². The molecule has 17 heavy (non-hydrogen) atoms. The third-order valence-corrected chi connectivity index (χ3v) is 2.57. The van der Waals surface area contributed by atoms with Crippen LogP contribution in [-0.4, -0.2) is 40.0 Å². The smallest absolute Gasteiger partial charge is 0.305 e. The Morgan fingerprint density at radius 2 is 2.24 bits per heavy atom. The molecule has 5 nitrogen and oxygen atoms in total. The molecule has 1 rings (SSSR count). The Labute approximate surface area is 104 Å². The summed E-state index contributed by atoms with van der Waals surface area (Å²) in [4.78, 5) is 27.7. The molecular formula is C11H13ClN2O3. The third-order valence-electron chi connectivity index (χ3n) is 2.27. The van der Waals surface area contributed by atoms with E-state index in [1.807, 2.05) is 0 Å². The molecule has 0 fully saturated rings. The van der Waals surface area contributed by atoms with E-state index in [1.54, 1.807) is 6.92 Å². The zero-order valence-electron chi connectivity index (χ0n) is 9.39. The highest BCUT2D eigenvalue weighted by Gasteiger charge is 2.17. The Balaban J connectivity index is 2.79. The molecule has 92 valence electrons. The molecule has 1 amide bonds. The van der Waals surface area contributed by atoms with Crippen LogP contribution >= 0.6 is 11.6 Å². The number of carboxylic acid groups (broad SMARTS) is 1. The van der Waals surface area contributed by atoms with E-state index in [1.165, 1.54) is 23.4 Å². The van der Waals surface area contributed by atoms with Crippen LogP contribution in [0.3, 0.4) is 0 Å².